The smallest absolute Gasteiger partial charge is 0.252 e. The summed E-state index contributed by atoms with van der Waals surface area (Å²) in [5.74, 6) is 1.27. The number of carbonyl (C=O) groups is 1. The third-order valence-electron chi connectivity index (χ3n) is 3.63. The molecule has 0 N–H and O–H groups in total. The monoisotopic (exact) mass is 281 g/mol. The van der Waals surface area contributed by atoms with Crippen molar-refractivity contribution >= 4 is 5.91 Å². The predicted octanol–water partition coefficient (Wildman–Crippen LogP) is 0.538. The zero-order valence-corrected chi connectivity index (χ0v) is 11.6. The number of hydrogen-bond donors (Lipinski definition) is 0. The van der Waals surface area contributed by atoms with Gasteiger partial charge >= 0.3 is 0 Å². The van der Waals surface area contributed by atoms with Gasteiger partial charge in [0, 0.05) is 26.1 Å². The average Bonchev–Trinajstić information content (AvgIpc) is 3.08. The quantitative estimate of drug-likeness (QED) is 0.784. The van der Waals surface area contributed by atoms with Crippen LogP contribution in [-0.4, -0.2) is 52.9 Å². The molecule has 20 heavy (non-hydrogen) atoms. The second-order valence-corrected chi connectivity index (χ2v) is 5.14. The molecule has 0 bridgehead atoms. The van der Waals surface area contributed by atoms with Crippen LogP contribution in [0.1, 0.15) is 31.5 Å². The van der Waals surface area contributed by atoms with Gasteiger partial charge in [0.25, 0.3) is 11.8 Å². The Morgan fingerprint density at radius 2 is 2.35 bits per heavy atom. The van der Waals surface area contributed by atoms with Crippen molar-refractivity contribution in [1.29, 1.82) is 0 Å². The van der Waals surface area contributed by atoms with Crippen molar-refractivity contribution in [3.63, 3.8) is 0 Å². The van der Waals surface area contributed by atoms with Crippen LogP contribution in [0.3, 0.4) is 0 Å². The van der Waals surface area contributed by atoms with E-state index in [4.69, 9.17) is 14.0 Å². The molecule has 1 aromatic rings. The Labute approximate surface area is 117 Å². The number of carbonyl (C=O) groups excluding carboxylic acids is 1. The maximum absolute atomic E-state index is 12.0. The number of aromatic nitrogens is 2. The number of ether oxygens (including phenoxy) is 2. The molecule has 0 spiro atoms. The molecule has 2 fully saturated rings. The first-order valence-electron chi connectivity index (χ1n) is 7.09. The van der Waals surface area contributed by atoms with E-state index in [1.54, 1.807) is 4.90 Å². The number of rotatable bonds is 5. The maximum Gasteiger partial charge on any atom is 0.252 e. The number of likely N-dealkylation sites (tertiary alicyclic amines) is 1. The van der Waals surface area contributed by atoms with Crippen LogP contribution in [0.5, 0.6) is 0 Å². The molecular weight excluding hydrogens is 262 g/mol. The van der Waals surface area contributed by atoms with Crippen LogP contribution in [0.15, 0.2) is 4.52 Å². The molecule has 3 heterocycles. The second kappa shape index (κ2) is 5.88. The van der Waals surface area contributed by atoms with Crippen molar-refractivity contribution in [3.8, 4) is 0 Å². The van der Waals surface area contributed by atoms with Crippen molar-refractivity contribution in [1.82, 2.24) is 15.0 Å². The fourth-order valence-electron chi connectivity index (χ4n) is 2.38. The topological polar surface area (TPSA) is 77.7 Å². The van der Waals surface area contributed by atoms with E-state index in [2.05, 4.69) is 10.1 Å². The third kappa shape index (κ3) is 2.83. The van der Waals surface area contributed by atoms with E-state index in [0.717, 1.165) is 19.3 Å². The molecule has 2 aliphatic heterocycles. The normalized spacial score (nSPS) is 23.1. The first kappa shape index (κ1) is 13.5. The fraction of sp³-hybridized carbons (Fsp3) is 0.769. The predicted molar refractivity (Wildman–Crippen MR) is 67.8 cm³/mol. The first-order valence-corrected chi connectivity index (χ1v) is 7.09. The molecule has 0 unspecified atom stereocenters. The van der Waals surface area contributed by atoms with Crippen LogP contribution in [-0.2, 0) is 27.3 Å². The molecule has 0 radical (unpaired) electrons. The lowest BCUT2D eigenvalue weighted by Gasteiger charge is -2.39. The molecule has 110 valence electrons. The molecule has 2 saturated heterocycles. The highest BCUT2D eigenvalue weighted by molar-refractivity contribution is 5.82. The van der Waals surface area contributed by atoms with Gasteiger partial charge in [0.1, 0.15) is 12.7 Å². The Bertz CT molecular complexity index is 464. The first-order chi connectivity index (χ1) is 9.76. The summed E-state index contributed by atoms with van der Waals surface area (Å²) in [5.41, 5.74) is 0. The van der Waals surface area contributed by atoms with Crippen molar-refractivity contribution < 1.29 is 18.8 Å². The molecule has 0 aliphatic carbocycles. The van der Waals surface area contributed by atoms with Gasteiger partial charge in [0.05, 0.1) is 6.10 Å². The molecule has 0 saturated carbocycles. The number of hydrogen-bond acceptors (Lipinski definition) is 6. The Morgan fingerprint density at radius 1 is 1.50 bits per heavy atom. The fourth-order valence-corrected chi connectivity index (χ4v) is 2.38. The van der Waals surface area contributed by atoms with Crippen molar-refractivity contribution in [2.75, 3.05) is 19.7 Å². The molecule has 2 aliphatic rings. The van der Waals surface area contributed by atoms with Gasteiger partial charge < -0.3 is 18.9 Å². The van der Waals surface area contributed by atoms with Gasteiger partial charge in [0.2, 0.25) is 0 Å². The van der Waals surface area contributed by atoms with Gasteiger partial charge in [-0.1, -0.05) is 12.1 Å². The van der Waals surface area contributed by atoms with E-state index in [9.17, 15) is 4.79 Å². The SMILES string of the molecule is CCc1noc(COC2CN(C(=O)[C@@H]3CCCO3)C2)n1. The lowest BCUT2D eigenvalue weighted by molar-refractivity contribution is -0.155. The van der Waals surface area contributed by atoms with E-state index < -0.39 is 0 Å². The van der Waals surface area contributed by atoms with Crippen molar-refractivity contribution in [3.05, 3.63) is 11.7 Å². The van der Waals surface area contributed by atoms with Gasteiger partial charge in [-0.3, -0.25) is 4.79 Å². The summed E-state index contributed by atoms with van der Waals surface area (Å²) >= 11 is 0. The molecule has 1 amide bonds. The summed E-state index contributed by atoms with van der Waals surface area (Å²) < 4.78 is 16.1. The van der Waals surface area contributed by atoms with E-state index in [0.29, 0.717) is 38.0 Å². The van der Waals surface area contributed by atoms with E-state index in [1.165, 1.54) is 0 Å². The molecule has 1 aromatic heterocycles. The Kier molecular flexibility index (Phi) is 3.98. The molecule has 0 aromatic carbocycles. The number of aryl methyl sites for hydroxylation is 1. The van der Waals surface area contributed by atoms with E-state index in [1.807, 2.05) is 6.92 Å². The maximum atomic E-state index is 12.0. The standard InChI is InChI=1S/C13H19N3O4/c1-2-11-14-12(20-15-11)8-19-9-6-16(7-9)13(17)10-4-3-5-18-10/h9-10H,2-8H2,1H3/t10-/m0/s1. The minimum absolute atomic E-state index is 0.0531. The van der Waals surface area contributed by atoms with Crippen molar-refractivity contribution in [2.24, 2.45) is 0 Å². The Hall–Kier alpha value is -1.47. The Morgan fingerprint density at radius 3 is 3.00 bits per heavy atom. The summed E-state index contributed by atoms with van der Waals surface area (Å²) in [5, 5.41) is 3.80. The molecule has 3 rings (SSSR count). The zero-order valence-electron chi connectivity index (χ0n) is 11.6. The highest BCUT2D eigenvalue weighted by atomic mass is 16.5. The van der Waals surface area contributed by atoms with Crippen LogP contribution in [0.2, 0.25) is 0 Å². The van der Waals surface area contributed by atoms with Gasteiger partial charge in [-0.2, -0.15) is 4.98 Å². The largest absolute Gasteiger partial charge is 0.368 e. The molecular formula is C13H19N3O4. The van der Waals surface area contributed by atoms with Gasteiger partial charge in [-0.05, 0) is 12.8 Å². The van der Waals surface area contributed by atoms with Crippen LogP contribution in [0.4, 0.5) is 0 Å². The molecule has 7 heteroatoms. The zero-order chi connectivity index (χ0) is 13.9. The molecule has 7 nitrogen and oxygen atoms in total. The van der Waals surface area contributed by atoms with Crippen molar-refractivity contribution in [2.45, 2.75) is 45.0 Å². The summed E-state index contributed by atoms with van der Waals surface area (Å²) in [6.07, 6.45) is 2.37. The minimum Gasteiger partial charge on any atom is -0.368 e. The lowest BCUT2D eigenvalue weighted by Crippen LogP contribution is -2.57. The average molecular weight is 281 g/mol. The summed E-state index contributed by atoms with van der Waals surface area (Å²) in [4.78, 5) is 18.0. The third-order valence-corrected chi connectivity index (χ3v) is 3.63. The number of amides is 1. The van der Waals surface area contributed by atoms with E-state index in [-0.39, 0.29) is 18.1 Å². The summed E-state index contributed by atoms with van der Waals surface area (Å²) in [7, 11) is 0. The van der Waals surface area contributed by atoms with E-state index >= 15 is 0 Å². The number of nitrogens with zero attached hydrogens (tertiary/aromatic N) is 3. The highest BCUT2D eigenvalue weighted by Crippen LogP contribution is 2.20. The van der Waals surface area contributed by atoms with Crippen LogP contribution in [0.25, 0.3) is 0 Å². The minimum atomic E-state index is -0.237. The lowest BCUT2D eigenvalue weighted by atomic mass is 10.1. The van der Waals surface area contributed by atoms with Gasteiger partial charge in [-0.25, -0.2) is 0 Å². The van der Waals surface area contributed by atoms with Crippen LogP contribution in [0, 0.1) is 0 Å². The Balaban J connectivity index is 1.38. The van der Waals surface area contributed by atoms with Gasteiger partial charge in [-0.15, -0.1) is 0 Å². The van der Waals surface area contributed by atoms with Crippen LogP contribution < -0.4 is 0 Å². The van der Waals surface area contributed by atoms with Gasteiger partial charge in [0.15, 0.2) is 5.82 Å². The highest BCUT2D eigenvalue weighted by Gasteiger charge is 2.36. The second-order valence-electron chi connectivity index (χ2n) is 5.14. The summed E-state index contributed by atoms with van der Waals surface area (Å²) in [6, 6.07) is 0. The molecule has 1 atom stereocenters. The summed E-state index contributed by atoms with van der Waals surface area (Å²) in [6.45, 7) is 4.21. The van der Waals surface area contributed by atoms with Crippen LogP contribution >= 0.6 is 0 Å².